The summed E-state index contributed by atoms with van der Waals surface area (Å²) in [5.41, 5.74) is 3.58. The minimum Gasteiger partial charge on any atom is -0.338 e. The van der Waals surface area contributed by atoms with Crippen molar-refractivity contribution >= 4 is 11.4 Å². The van der Waals surface area contributed by atoms with Crippen LogP contribution in [-0.2, 0) is 7.05 Å². The van der Waals surface area contributed by atoms with Gasteiger partial charge >= 0.3 is 0 Å². The second-order valence-electron chi connectivity index (χ2n) is 8.04. The number of fused-ring (bicyclic) bond motifs is 1. The van der Waals surface area contributed by atoms with Gasteiger partial charge in [0.25, 0.3) is 5.91 Å². The smallest absolute Gasteiger partial charge is 0.256 e. The van der Waals surface area contributed by atoms with Gasteiger partial charge in [-0.05, 0) is 63.0 Å². The van der Waals surface area contributed by atoms with Gasteiger partial charge < -0.3 is 14.2 Å². The van der Waals surface area contributed by atoms with Gasteiger partial charge in [-0.1, -0.05) is 6.07 Å². The van der Waals surface area contributed by atoms with Gasteiger partial charge in [-0.15, -0.1) is 0 Å². The molecule has 1 amide bonds. The molecule has 2 saturated heterocycles. The molecule has 2 aliphatic heterocycles. The molecule has 2 aliphatic rings. The lowest BCUT2D eigenvalue weighted by Gasteiger charge is -2.36. The average Bonchev–Trinajstić information content (AvgIpc) is 3.47. The van der Waals surface area contributed by atoms with E-state index >= 15 is 0 Å². The minimum absolute atomic E-state index is 0.144. The van der Waals surface area contributed by atoms with Crippen LogP contribution in [0.15, 0.2) is 42.7 Å². The first-order valence-electron chi connectivity index (χ1n) is 10.3. The van der Waals surface area contributed by atoms with Gasteiger partial charge in [0.2, 0.25) is 0 Å². The summed E-state index contributed by atoms with van der Waals surface area (Å²) in [4.78, 5) is 18.0. The van der Waals surface area contributed by atoms with Crippen molar-refractivity contribution < 1.29 is 4.79 Å². The van der Waals surface area contributed by atoms with Gasteiger partial charge in [0.15, 0.2) is 0 Å². The molecular weight excluding hydrogens is 350 g/mol. The topological polar surface area (TPSA) is 45.8 Å². The average molecular weight is 377 g/mol. The molecule has 6 heteroatoms. The van der Waals surface area contributed by atoms with E-state index in [1.54, 1.807) is 4.68 Å². The highest BCUT2D eigenvalue weighted by Crippen LogP contribution is 2.28. The second kappa shape index (κ2) is 7.09. The van der Waals surface area contributed by atoms with Gasteiger partial charge in [0, 0.05) is 38.6 Å². The van der Waals surface area contributed by atoms with Crippen molar-refractivity contribution in [2.24, 2.45) is 7.05 Å². The molecule has 2 fully saturated rings. The van der Waals surface area contributed by atoms with Crippen LogP contribution in [0.5, 0.6) is 0 Å². The molecule has 5 heterocycles. The van der Waals surface area contributed by atoms with Crippen molar-refractivity contribution in [2.45, 2.75) is 31.7 Å². The third-order valence-electron chi connectivity index (χ3n) is 6.29. The van der Waals surface area contributed by atoms with Crippen LogP contribution in [-0.4, -0.2) is 62.1 Å². The number of nitrogens with zero attached hydrogens (tertiary/aromatic N) is 5. The Morgan fingerprint density at radius 1 is 1.04 bits per heavy atom. The minimum atomic E-state index is 0.144. The molecule has 5 rings (SSSR count). The molecule has 0 unspecified atom stereocenters. The van der Waals surface area contributed by atoms with E-state index in [9.17, 15) is 4.79 Å². The molecule has 0 radical (unpaired) electrons. The van der Waals surface area contributed by atoms with E-state index in [0.717, 1.165) is 48.4 Å². The van der Waals surface area contributed by atoms with Gasteiger partial charge in [0.05, 0.1) is 16.8 Å². The Balaban J connectivity index is 1.41. The first kappa shape index (κ1) is 17.5. The number of carbonyl (C=O) groups is 1. The van der Waals surface area contributed by atoms with E-state index in [-0.39, 0.29) is 5.91 Å². The molecular formula is C22H27N5O. The number of hydrogen-bond donors (Lipinski definition) is 0. The summed E-state index contributed by atoms with van der Waals surface area (Å²) in [7, 11) is 1.91. The summed E-state index contributed by atoms with van der Waals surface area (Å²) >= 11 is 0. The summed E-state index contributed by atoms with van der Waals surface area (Å²) < 4.78 is 3.87. The molecule has 0 spiro atoms. The quantitative estimate of drug-likeness (QED) is 0.705. The Labute approximate surface area is 165 Å². The third kappa shape index (κ3) is 3.02. The predicted molar refractivity (Wildman–Crippen MR) is 109 cm³/mol. The number of aromatic nitrogens is 3. The fourth-order valence-corrected chi connectivity index (χ4v) is 4.78. The first-order valence-corrected chi connectivity index (χ1v) is 10.3. The molecule has 3 aromatic heterocycles. The highest BCUT2D eigenvalue weighted by atomic mass is 16.2. The van der Waals surface area contributed by atoms with E-state index < -0.39 is 0 Å². The van der Waals surface area contributed by atoms with Crippen LogP contribution in [0, 0.1) is 0 Å². The SMILES string of the molecule is Cn1ccc(-c2cc(C(=O)N3CCC(N4CCCC4)CC3)c3ccccn23)n1. The van der Waals surface area contributed by atoms with Crippen LogP contribution >= 0.6 is 0 Å². The fourth-order valence-electron chi connectivity index (χ4n) is 4.78. The monoisotopic (exact) mass is 377 g/mol. The molecule has 0 N–H and O–H groups in total. The highest BCUT2D eigenvalue weighted by molar-refractivity contribution is 6.02. The second-order valence-corrected chi connectivity index (χ2v) is 8.04. The van der Waals surface area contributed by atoms with E-state index in [1.807, 2.05) is 54.7 Å². The lowest BCUT2D eigenvalue weighted by Crippen LogP contribution is -2.45. The van der Waals surface area contributed by atoms with Gasteiger partial charge in [0.1, 0.15) is 5.69 Å². The van der Waals surface area contributed by atoms with Crippen LogP contribution in [0.3, 0.4) is 0 Å². The molecule has 3 aromatic rings. The van der Waals surface area contributed by atoms with E-state index in [2.05, 4.69) is 14.4 Å². The predicted octanol–water partition coefficient (Wildman–Crippen LogP) is 3.04. The van der Waals surface area contributed by atoms with Crippen molar-refractivity contribution in [1.29, 1.82) is 0 Å². The number of amides is 1. The van der Waals surface area contributed by atoms with Gasteiger partial charge in [-0.2, -0.15) is 5.10 Å². The van der Waals surface area contributed by atoms with Crippen LogP contribution in [0.2, 0.25) is 0 Å². The largest absolute Gasteiger partial charge is 0.338 e. The maximum absolute atomic E-state index is 13.4. The molecule has 28 heavy (non-hydrogen) atoms. The zero-order valence-electron chi connectivity index (χ0n) is 16.4. The highest BCUT2D eigenvalue weighted by Gasteiger charge is 2.30. The Morgan fingerprint density at radius 2 is 1.82 bits per heavy atom. The number of likely N-dealkylation sites (tertiary alicyclic amines) is 2. The van der Waals surface area contributed by atoms with Crippen molar-refractivity contribution in [3.8, 4) is 11.4 Å². The van der Waals surface area contributed by atoms with Crippen molar-refractivity contribution in [2.75, 3.05) is 26.2 Å². The summed E-state index contributed by atoms with van der Waals surface area (Å²) in [6.45, 7) is 4.17. The number of hydrogen-bond acceptors (Lipinski definition) is 3. The molecule has 0 saturated carbocycles. The molecule has 0 aromatic carbocycles. The maximum atomic E-state index is 13.4. The van der Waals surface area contributed by atoms with E-state index in [4.69, 9.17) is 0 Å². The zero-order chi connectivity index (χ0) is 19.1. The number of rotatable bonds is 3. The van der Waals surface area contributed by atoms with Crippen LogP contribution in [0.25, 0.3) is 16.9 Å². The lowest BCUT2D eigenvalue weighted by molar-refractivity contribution is 0.0646. The third-order valence-corrected chi connectivity index (χ3v) is 6.29. The van der Waals surface area contributed by atoms with E-state index in [0.29, 0.717) is 6.04 Å². The molecule has 6 nitrogen and oxygen atoms in total. The molecule has 0 aliphatic carbocycles. The Kier molecular flexibility index (Phi) is 4.43. The van der Waals surface area contributed by atoms with Gasteiger partial charge in [-0.3, -0.25) is 9.48 Å². The number of pyridine rings is 1. The maximum Gasteiger partial charge on any atom is 0.256 e. The van der Waals surface area contributed by atoms with Crippen molar-refractivity contribution in [3.63, 3.8) is 0 Å². The summed E-state index contributed by atoms with van der Waals surface area (Å²) in [6.07, 6.45) is 8.77. The summed E-state index contributed by atoms with van der Waals surface area (Å²) in [5.74, 6) is 0.144. The number of piperidine rings is 1. The standard InChI is InChI=1S/C22H27N5O/c1-24-13-9-19(23-24)21-16-18(20-6-2-3-12-27(20)21)22(28)26-14-7-17(8-15-26)25-10-4-5-11-25/h2-3,6,9,12-13,16-17H,4-5,7-8,10-11,14-15H2,1H3. The van der Waals surface area contributed by atoms with Crippen LogP contribution in [0.4, 0.5) is 0 Å². The van der Waals surface area contributed by atoms with Crippen LogP contribution < -0.4 is 0 Å². The zero-order valence-corrected chi connectivity index (χ0v) is 16.4. The lowest BCUT2D eigenvalue weighted by atomic mass is 10.0. The molecule has 146 valence electrons. The normalized spacial score (nSPS) is 19.0. The molecule has 0 bridgehead atoms. The Morgan fingerprint density at radius 3 is 2.54 bits per heavy atom. The molecule has 0 atom stereocenters. The number of aryl methyl sites for hydroxylation is 1. The summed E-state index contributed by atoms with van der Waals surface area (Å²) in [6, 6.07) is 10.7. The fraction of sp³-hybridized carbons (Fsp3) is 0.455. The number of carbonyl (C=O) groups excluding carboxylic acids is 1. The van der Waals surface area contributed by atoms with E-state index in [1.165, 1.54) is 25.9 Å². The Hall–Kier alpha value is -2.60. The van der Waals surface area contributed by atoms with Gasteiger partial charge in [-0.25, -0.2) is 0 Å². The van der Waals surface area contributed by atoms with Crippen molar-refractivity contribution in [3.05, 3.63) is 48.3 Å². The first-order chi connectivity index (χ1) is 13.7. The van der Waals surface area contributed by atoms with Crippen molar-refractivity contribution in [1.82, 2.24) is 24.0 Å². The summed E-state index contributed by atoms with van der Waals surface area (Å²) in [5, 5.41) is 4.54. The Bertz CT molecular complexity index is 989. The van der Waals surface area contributed by atoms with Crippen LogP contribution in [0.1, 0.15) is 36.0 Å².